The summed E-state index contributed by atoms with van der Waals surface area (Å²) in [6, 6.07) is 0.487. The highest BCUT2D eigenvalue weighted by molar-refractivity contribution is 5.84. The van der Waals surface area contributed by atoms with Gasteiger partial charge in [-0.2, -0.15) is 0 Å². The van der Waals surface area contributed by atoms with Gasteiger partial charge in [0.05, 0.1) is 6.04 Å². The molecular weight excluding hydrogens is 200 g/mol. The fourth-order valence-electron chi connectivity index (χ4n) is 2.43. The summed E-state index contributed by atoms with van der Waals surface area (Å²) in [5.74, 6) is 0.297. The zero-order valence-electron chi connectivity index (χ0n) is 11.0. The summed E-state index contributed by atoms with van der Waals surface area (Å²) >= 11 is 0. The van der Waals surface area contributed by atoms with Crippen LogP contribution >= 0.6 is 0 Å². The van der Waals surface area contributed by atoms with E-state index < -0.39 is 0 Å². The van der Waals surface area contributed by atoms with Crippen LogP contribution < -0.4 is 5.32 Å². The van der Waals surface area contributed by atoms with Gasteiger partial charge < -0.3 is 10.2 Å². The van der Waals surface area contributed by atoms with Crippen molar-refractivity contribution in [3.05, 3.63) is 0 Å². The summed E-state index contributed by atoms with van der Waals surface area (Å²) in [6.45, 7) is 5.34. The van der Waals surface area contributed by atoms with E-state index >= 15 is 0 Å². The van der Waals surface area contributed by atoms with Crippen LogP contribution in [0.4, 0.5) is 0 Å². The van der Waals surface area contributed by atoms with Crippen LogP contribution in [0.2, 0.25) is 0 Å². The summed E-state index contributed by atoms with van der Waals surface area (Å²) in [7, 11) is 1.87. The van der Waals surface area contributed by atoms with Gasteiger partial charge in [0.2, 0.25) is 5.91 Å². The lowest BCUT2D eigenvalue weighted by Crippen LogP contribution is -2.40. The molecule has 1 fully saturated rings. The first-order valence-corrected chi connectivity index (χ1v) is 6.68. The molecule has 1 aliphatic heterocycles. The van der Waals surface area contributed by atoms with Crippen LogP contribution in [0, 0.1) is 0 Å². The second-order valence-corrected chi connectivity index (χ2v) is 4.86. The fourth-order valence-corrected chi connectivity index (χ4v) is 2.43. The zero-order valence-corrected chi connectivity index (χ0v) is 11.0. The van der Waals surface area contributed by atoms with Crippen molar-refractivity contribution in [3.8, 4) is 0 Å². The number of hydrogen-bond acceptors (Lipinski definition) is 2. The molecule has 0 aromatic rings. The summed E-state index contributed by atoms with van der Waals surface area (Å²) in [4.78, 5) is 14.0. The van der Waals surface area contributed by atoms with Crippen molar-refractivity contribution in [2.24, 2.45) is 0 Å². The van der Waals surface area contributed by atoms with E-state index in [9.17, 15) is 4.79 Å². The van der Waals surface area contributed by atoms with Gasteiger partial charge >= 0.3 is 0 Å². The highest BCUT2D eigenvalue weighted by Crippen LogP contribution is 2.18. The molecule has 0 aromatic heterocycles. The molecule has 2 unspecified atom stereocenters. The molecule has 3 heteroatoms. The minimum atomic E-state index is 0.0677. The van der Waals surface area contributed by atoms with Gasteiger partial charge in [-0.1, -0.05) is 32.6 Å². The SMILES string of the molecule is CCCCCCC(C)N1CCC(NC)C1=O. The standard InChI is InChI=1S/C13H26N2O/c1-4-5-6-7-8-11(2)15-10-9-12(14-3)13(15)16/h11-12,14H,4-10H2,1-3H3. The Kier molecular flexibility index (Phi) is 5.81. The van der Waals surface area contributed by atoms with Gasteiger partial charge in [-0.25, -0.2) is 0 Å². The predicted octanol–water partition coefficient (Wildman–Crippen LogP) is 2.17. The van der Waals surface area contributed by atoms with Crippen molar-refractivity contribution in [1.82, 2.24) is 10.2 Å². The van der Waals surface area contributed by atoms with Crippen molar-refractivity contribution in [2.45, 2.75) is 64.5 Å². The molecule has 0 bridgehead atoms. The zero-order chi connectivity index (χ0) is 12.0. The largest absolute Gasteiger partial charge is 0.339 e. The van der Waals surface area contributed by atoms with Crippen molar-refractivity contribution in [3.63, 3.8) is 0 Å². The van der Waals surface area contributed by atoms with E-state index in [1.807, 2.05) is 11.9 Å². The predicted molar refractivity (Wildman–Crippen MR) is 67.4 cm³/mol. The molecule has 1 aliphatic rings. The molecular formula is C13H26N2O. The number of likely N-dealkylation sites (tertiary alicyclic amines) is 1. The van der Waals surface area contributed by atoms with Crippen LogP contribution in [0.5, 0.6) is 0 Å². The monoisotopic (exact) mass is 226 g/mol. The fraction of sp³-hybridized carbons (Fsp3) is 0.923. The Morgan fingerprint density at radius 2 is 2.19 bits per heavy atom. The van der Waals surface area contributed by atoms with E-state index in [4.69, 9.17) is 0 Å². The van der Waals surface area contributed by atoms with Gasteiger partial charge in [-0.05, 0) is 26.8 Å². The minimum absolute atomic E-state index is 0.0677. The van der Waals surface area contributed by atoms with E-state index in [1.165, 1.54) is 25.7 Å². The van der Waals surface area contributed by atoms with E-state index in [2.05, 4.69) is 19.2 Å². The molecule has 1 rings (SSSR count). The van der Waals surface area contributed by atoms with Crippen LogP contribution in [0.25, 0.3) is 0 Å². The van der Waals surface area contributed by atoms with Gasteiger partial charge in [-0.3, -0.25) is 4.79 Å². The molecule has 1 N–H and O–H groups in total. The van der Waals surface area contributed by atoms with Crippen molar-refractivity contribution < 1.29 is 4.79 Å². The summed E-state index contributed by atoms with van der Waals surface area (Å²) in [5, 5.41) is 3.08. The van der Waals surface area contributed by atoms with Crippen LogP contribution in [-0.2, 0) is 4.79 Å². The second-order valence-electron chi connectivity index (χ2n) is 4.86. The third-order valence-electron chi connectivity index (χ3n) is 3.60. The lowest BCUT2D eigenvalue weighted by Gasteiger charge is -2.24. The summed E-state index contributed by atoms with van der Waals surface area (Å²) in [5.41, 5.74) is 0. The molecule has 0 radical (unpaired) electrons. The van der Waals surface area contributed by atoms with Crippen molar-refractivity contribution in [1.29, 1.82) is 0 Å². The maximum absolute atomic E-state index is 11.9. The first-order chi connectivity index (χ1) is 7.70. The smallest absolute Gasteiger partial charge is 0.240 e. The highest BCUT2D eigenvalue weighted by atomic mass is 16.2. The Morgan fingerprint density at radius 3 is 2.75 bits per heavy atom. The number of amides is 1. The molecule has 0 aliphatic carbocycles. The van der Waals surface area contributed by atoms with Crippen molar-refractivity contribution in [2.75, 3.05) is 13.6 Å². The van der Waals surface area contributed by atoms with Gasteiger partial charge in [0.1, 0.15) is 0 Å². The van der Waals surface area contributed by atoms with Gasteiger partial charge in [0, 0.05) is 12.6 Å². The molecule has 1 heterocycles. The van der Waals surface area contributed by atoms with Crippen LogP contribution in [0.1, 0.15) is 52.4 Å². The number of rotatable bonds is 7. The number of carbonyl (C=O) groups excluding carboxylic acids is 1. The Morgan fingerprint density at radius 1 is 1.44 bits per heavy atom. The Balaban J connectivity index is 2.26. The lowest BCUT2D eigenvalue weighted by molar-refractivity contribution is -0.131. The molecule has 3 nitrogen and oxygen atoms in total. The molecule has 16 heavy (non-hydrogen) atoms. The first-order valence-electron chi connectivity index (χ1n) is 6.68. The van der Waals surface area contributed by atoms with Gasteiger partial charge in [0.25, 0.3) is 0 Å². The normalized spacial score (nSPS) is 22.8. The number of hydrogen-bond donors (Lipinski definition) is 1. The second kappa shape index (κ2) is 6.89. The maximum atomic E-state index is 11.9. The summed E-state index contributed by atoms with van der Waals surface area (Å²) < 4.78 is 0. The van der Waals surface area contributed by atoms with Crippen LogP contribution in [-0.4, -0.2) is 36.5 Å². The number of nitrogens with zero attached hydrogens (tertiary/aromatic N) is 1. The molecule has 1 saturated heterocycles. The molecule has 2 atom stereocenters. The Hall–Kier alpha value is -0.570. The quantitative estimate of drug-likeness (QED) is 0.675. The van der Waals surface area contributed by atoms with E-state index in [0.29, 0.717) is 11.9 Å². The number of carbonyl (C=O) groups is 1. The first kappa shape index (κ1) is 13.5. The molecule has 0 aromatic carbocycles. The average molecular weight is 226 g/mol. The van der Waals surface area contributed by atoms with Crippen LogP contribution in [0.3, 0.4) is 0 Å². The minimum Gasteiger partial charge on any atom is -0.339 e. The van der Waals surface area contributed by atoms with E-state index in [0.717, 1.165) is 19.4 Å². The van der Waals surface area contributed by atoms with E-state index in [1.54, 1.807) is 0 Å². The molecule has 94 valence electrons. The highest BCUT2D eigenvalue weighted by Gasteiger charge is 2.32. The van der Waals surface area contributed by atoms with Crippen molar-refractivity contribution >= 4 is 5.91 Å². The maximum Gasteiger partial charge on any atom is 0.240 e. The average Bonchev–Trinajstić information content (AvgIpc) is 2.65. The molecule has 0 spiro atoms. The number of nitrogens with one attached hydrogen (secondary N) is 1. The van der Waals surface area contributed by atoms with E-state index in [-0.39, 0.29) is 6.04 Å². The number of likely N-dealkylation sites (N-methyl/N-ethyl adjacent to an activating group) is 1. The topological polar surface area (TPSA) is 32.3 Å². The molecule has 1 amide bonds. The van der Waals surface area contributed by atoms with Crippen LogP contribution in [0.15, 0.2) is 0 Å². The summed E-state index contributed by atoms with van der Waals surface area (Å²) in [6.07, 6.45) is 7.27. The Bertz CT molecular complexity index is 218. The van der Waals surface area contributed by atoms with Gasteiger partial charge in [0.15, 0.2) is 0 Å². The molecule has 0 saturated carbocycles. The number of unbranched alkanes of at least 4 members (excludes halogenated alkanes) is 3. The van der Waals surface area contributed by atoms with Gasteiger partial charge in [-0.15, -0.1) is 0 Å². The lowest BCUT2D eigenvalue weighted by atomic mass is 10.1. The Labute approximate surface area is 99.6 Å². The third kappa shape index (κ3) is 3.48. The third-order valence-corrected chi connectivity index (χ3v) is 3.60.